The first kappa shape index (κ1) is 28.1. The molecule has 14 heteroatoms. The van der Waals surface area contributed by atoms with Crippen LogP contribution >= 0.6 is 15.9 Å². The maximum absolute atomic E-state index is 13.1. The van der Waals surface area contributed by atoms with E-state index in [-0.39, 0.29) is 40.9 Å². The van der Waals surface area contributed by atoms with Gasteiger partial charge in [-0.1, -0.05) is 15.9 Å². The van der Waals surface area contributed by atoms with Crippen LogP contribution in [0.2, 0.25) is 0 Å². The third-order valence-electron chi connectivity index (χ3n) is 5.40. The number of benzene rings is 2. The molecule has 0 aromatic heterocycles. The van der Waals surface area contributed by atoms with Gasteiger partial charge in [0.05, 0.1) is 22.8 Å². The van der Waals surface area contributed by atoms with Crippen LogP contribution in [0.25, 0.3) is 0 Å². The zero-order chi connectivity index (χ0) is 27.1. The van der Waals surface area contributed by atoms with Crippen molar-refractivity contribution in [2.75, 3.05) is 0 Å². The average Bonchev–Trinajstić information content (AvgIpc) is 3.50. The van der Waals surface area contributed by atoms with Crippen molar-refractivity contribution in [1.29, 1.82) is 0 Å². The van der Waals surface area contributed by atoms with Crippen molar-refractivity contribution in [2.45, 2.75) is 56.1 Å². The van der Waals surface area contributed by atoms with Crippen molar-refractivity contribution in [1.82, 2.24) is 0 Å². The highest BCUT2D eigenvalue weighted by Gasteiger charge is 2.44. The summed E-state index contributed by atoms with van der Waals surface area (Å²) in [5.41, 5.74) is 0.805. The van der Waals surface area contributed by atoms with Gasteiger partial charge in [-0.15, -0.1) is 0 Å². The second-order valence-electron chi connectivity index (χ2n) is 8.02. The molecule has 4 nitrogen and oxygen atoms in total. The fourth-order valence-corrected chi connectivity index (χ4v) is 4.19. The van der Waals surface area contributed by atoms with E-state index in [2.05, 4.69) is 15.9 Å². The van der Waals surface area contributed by atoms with Crippen molar-refractivity contribution in [3.8, 4) is 0 Å². The number of carbonyl (C=O) groups is 1. The molecule has 198 valence electrons. The third-order valence-corrected chi connectivity index (χ3v) is 6.13. The minimum absolute atomic E-state index is 0.00964. The van der Waals surface area contributed by atoms with Gasteiger partial charge in [-0.3, -0.25) is 0 Å². The van der Waals surface area contributed by atoms with E-state index in [9.17, 15) is 44.3 Å². The lowest BCUT2D eigenvalue weighted by Gasteiger charge is -2.20. The monoisotopic (exact) mass is 593 g/mol. The number of epoxide rings is 1. The topological polar surface area (TPSA) is 64.9 Å². The Morgan fingerprint density at radius 1 is 0.917 bits per heavy atom. The first-order chi connectivity index (χ1) is 16.5. The Bertz CT molecular complexity index is 1080. The van der Waals surface area contributed by atoms with E-state index in [4.69, 9.17) is 15.2 Å². The summed E-state index contributed by atoms with van der Waals surface area (Å²) in [6, 6.07) is 3.91. The fraction of sp³-hybridized carbons (Fsp3) is 0.409. The molecule has 0 saturated carbocycles. The molecule has 1 aliphatic rings. The summed E-state index contributed by atoms with van der Waals surface area (Å²) in [5, 5.41) is 0. The van der Waals surface area contributed by atoms with Crippen LogP contribution in [0.5, 0.6) is 0 Å². The number of hydrogen-bond donors (Lipinski definition) is 1. The van der Waals surface area contributed by atoms with Crippen LogP contribution < -0.4 is 5.73 Å². The zero-order valence-corrected chi connectivity index (χ0v) is 19.5. The van der Waals surface area contributed by atoms with Gasteiger partial charge >= 0.3 is 24.6 Å². The number of halogens is 10. The largest absolute Gasteiger partial charge is 0.441 e. The average molecular weight is 594 g/mol. The number of rotatable bonds is 7. The predicted molar refractivity (Wildman–Crippen MR) is 110 cm³/mol. The summed E-state index contributed by atoms with van der Waals surface area (Å²) in [6.45, 7) is 0. The number of carbonyl (C=O) groups excluding carboxylic acids is 1. The maximum Gasteiger partial charge on any atom is 0.416 e. The van der Waals surface area contributed by atoms with Crippen LogP contribution in [0.3, 0.4) is 0 Å². The number of alkyl halides is 9. The molecule has 0 unspecified atom stereocenters. The maximum atomic E-state index is 13.1. The lowest BCUT2D eigenvalue weighted by atomic mass is 9.98. The van der Waals surface area contributed by atoms with E-state index < -0.39 is 59.6 Å². The highest BCUT2D eigenvalue weighted by atomic mass is 79.9. The van der Waals surface area contributed by atoms with Gasteiger partial charge in [0.25, 0.3) is 0 Å². The second-order valence-corrected chi connectivity index (χ2v) is 8.88. The van der Waals surface area contributed by atoms with Crippen molar-refractivity contribution in [3.63, 3.8) is 0 Å². The zero-order valence-electron chi connectivity index (χ0n) is 17.9. The summed E-state index contributed by atoms with van der Waals surface area (Å²) in [6.07, 6.45) is -18.6. The summed E-state index contributed by atoms with van der Waals surface area (Å²) < 4.78 is 128. The van der Waals surface area contributed by atoms with Crippen molar-refractivity contribution in [2.24, 2.45) is 5.73 Å². The Kier molecular flexibility index (Phi) is 7.89. The Hall–Kier alpha value is -2.48. The quantitative estimate of drug-likeness (QED) is 0.262. The lowest BCUT2D eigenvalue weighted by Crippen LogP contribution is -2.18. The molecule has 1 saturated heterocycles. The molecule has 3 rings (SSSR count). The van der Waals surface area contributed by atoms with Gasteiger partial charge in [-0.2, -0.15) is 39.5 Å². The fourth-order valence-electron chi connectivity index (χ4n) is 3.69. The molecule has 1 amide bonds. The highest BCUT2D eigenvalue weighted by molar-refractivity contribution is 9.10. The summed E-state index contributed by atoms with van der Waals surface area (Å²) >= 11 is 3.10. The summed E-state index contributed by atoms with van der Waals surface area (Å²) in [4.78, 5) is 11.3. The molecule has 2 aromatic rings. The predicted octanol–water partition coefficient (Wildman–Crippen LogP) is 7.95. The summed E-state index contributed by atoms with van der Waals surface area (Å²) in [5.74, 6) is 0. The molecular formula is C22H17BrF9NO3. The van der Waals surface area contributed by atoms with E-state index in [0.29, 0.717) is 12.1 Å². The molecule has 0 spiro atoms. The second kappa shape index (κ2) is 10.1. The Balaban J connectivity index is 1.72. The minimum Gasteiger partial charge on any atom is -0.441 e. The van der Waals surface area contributed by atoms with E-state index in [1.807, 2.05) is 0 Å². The molecule has 2 aromatic carbocycles. The van der Waals surface area contributed by atoms with Crippen LogP contribution in [0.1, 0.15) is 59.3 Å². The molecule has 1 heterocycles. The van der Waals surface area contributed by atoms with E-state index in [1.54, 1.807) is 0 Å². The van der Waals surface area contributed by atoms with Crippen LogP contribution in [0, 0.1) is 0 Å². The van der Waals surface area contributed by atoms with E-state index in [1.165, 1.54) is 0 Å². The standard InChI is InChI=1S/C22H17BrF9NO3/c23-15-5-4-11(20(24,25)26)9-14(15)16(36-19(33)34)2-1-3-17-18(35-17)10-6-12(21(27,28)29)8-13(7-10)22(30,31)32/h4-9,16-18H,1-3H2,(H2,33,34)/t16-,17-,18+/m0/s1. The minimum atomic E-state index is -5.00. The summed E-state index contributed by atoms with van der Waals surface area (Å²) in [7, 11) is 0. The number of hydrogen-bond acceptors (Lipinski definition) is 3. The van der Waals surface area contributed by atoms with Crippen molar-refractivity contribution < 1.29 is 53.8 Å². The Labute approximate surface area is 206 Å². The first-order valence-electron chi connectivity index (χ1n) is 10.2. The van der Waals surface area contributed by atoms with E-state index >= 15 is 0 Å². The van der Waals surface area contributed by atoms with Crippen molar-refractivity contribution >= 4 is 22.0 Å². The van der Waals surface area contributed by atoms with Crippen LogP contribution in [0.15, 0.2) is 40.9 Å². The van der Waals surface area contributed by atoms with Gasteiger partial charge in [-0.05, 0) is 61.2 Å². The van der Waals surface area contributed by atoms with Gasteiger partial charge < -0.3 is 15.2 Å². The smallest absolute Gasteiger partial charge is 0.416 e. The first-order valence-corrected chi connectivity index (χ1v) is 11.0. The van der Waals surface area contributed by atoms with Crippen LogP contribution in [-0.2, 0) is 28.0 Å². The number of nitrogens with two attached hydrogens (primary N) is 1. The number of primary amides is 1. The molecule has 0 radical (unpaired) electrons. The van der Waals surface area contributed by atoms with Crippen molar-refractivity contribution in [3.05, 3.63) is 68.7 Å². The molecule has 36 heavy (non-hydrogen) atoms. The van der Waals surface area contributed by atoms with Gasteiger partial charge in [0.2, 0.25) is 0 Å². The van der Waals surface area contributed by atoms with E-state index in [0.717, 1.165) is 18.2 Å². The van der Waals surface area contributed by atoms with Crippen LogP contribution in [0.4, 0.5) is 44.3 Å². The SMILES string of the molecule is NC(=O)O[C@@H](CCC[C@@H]1O[C@@H]1c1cc(C(F)(F)F)cc(C(F)(F)F)c1)c1cc(C(F)(F)F)ccc1Br. The molecule has 3 atom stereocenters. The third kappa shape index (κ3) is 7.05. The van der Waals surface area contributed by atoms with Gasteiger partial charge in [-0.25, -0.2) is 4.79 Å². The lowest BCUT2D eigenvalue weighted by molar-refractivity contribution is -0.143. The molecule has 0 aliphatic carbocycles. The molecule has 2 N–H and O–H groups in total. The molecule has 0 bridgehead atoms. The molecule has 1 fully saturated rings. The number of ether oxygens (including phenoxy) is 2. The van der Waals surface area contributed by atoms with Gasteiger partial charge in [0.15, 0.2) is 0 Å². The Morgan fingerprint density at radius 2 is 1.47 bits per heavy atom. The van der Waals surface area contributed by atoms with Gasteiger partial charge in [0, 0.05) is 10.0 Å². The molecular weight excluding hydrogens is 577 g/mol. The highest BCUT2D eigenvalue weighted by Crippen LogP contribution is 2.46. The Morgan fingerprint density at radius 3 is 1.97 bits per heavy atom. The number of amides is 1. The van der Waals surface area contributed by atoms with Gasteiger partial charge in [0.1, 0.15) is 12.2 Å². The normalized spacial score (nSPS) is 19.2. The van der Waals surface area contributed by atoms with Crippen LogP contribution in [-0.4, -0.2) is 12.2 Å². The molecule has 1 aliphatic heterocycles.